The summed E-state index contributed by atoms with van der Waals surface area (Å²) in [5.74, 6) is 0.661. The van der Waals surface area contributed by atoms with E-state index < -0.39 is 0 Å². The monoisotopic (exact) mass is 143 g/mol. The topological polar surface area (TPSA) is 0 Å². The standard InChI is InChI=1S/C10H12B/c1-7(2)8-3-4-9-6-11-10(9)5-8/h3-5,7H,6H2,1-2H3. The van der Waals surface area contributed by atoms with E-state index in [1.807, 2.05) is 0 Å². The number of hydrogen-bond acceptors (Lipinski definition) is 0. The second-order valence-electron chi connectivity index (χ2n) is 3.52. The Hall–Kier alpha value is -0.715. The highest BCUT2D eigenvalue weighted by atomic mass is 14.1. The lowest BCUT2D eigenvalue weighted by Gasteiger charge is -2.19. The van der Waals surface area contributed by atoms with Crippen LogP contribution in [0.1, 0.15) is 30.9 Å². The van der Waals surface area contributed by atoms with Crippen molar-refractivity contribution in [2.75, 3.05) is 0 Å². The maximum absolute atomic E-state index is 2.31. The van der Waals surface area contributed by atoms with Crippen LogP contribution in [0.5, 0.6) is 0 Å². The first-order valence-electron chi connectivity index (χ1n) is 4.23. The summed E-state index contributed by atoms with van der Waals surface area (Å²) in [4.78, 5) is 0. The second-order valence-corrected chi connectivity index (χ2v) is 3.52. The zero-order valence-electron chi connectivity index (χ0n) is 7.09. The molecule has 0 spiro atoms. The summed E-state index contributed by atoms with van der Waals surface area (Å²) >= 11 is 0. The van der Waals surface area contributed by atoms with Crippen molar-refractivity contribution in [3.8, 4) is 0 Å². The number of rotatable bonds is 1. The molecule has 11 heavy (non-hydrogen) atoms. The van der Waals surface area contributed by atoms with E-state index in [2.05, 4.69) is 39.3 Å². The maximum atomic E-state index is 2.31. The van der Waals surface area contributed by atoms with E-state index in [0.717, 1.165) is 0 Å². The van der Waals surface area contributed by atoms with Gasteiger partial charge in [0.1, 0.15) is 0 Å². The van der Waals surface area contributed by atoms with E-state index in [0.29, 0.717) is 5.92 Å². The molecule has 1 aliphatic rings. The lowest BCUT2D eigenvalue weighted by atomic mass is 9.52. The summed E-state index contributed by atoms with van der Waals surface area (Å²) in [5.41, 5.74) is 4.42. The van der Waals surface area contributed by atoms with Gasteiger partial charge in [0.05, 0.1) is 0 Å². The summed E-state index contributed by atoms with van der Waals surface area (Å²) in [6, 6.07) is 6.81. The Morgan fingerprint density at radius 2 is 2.18 bits per heavy atom. The van der Waals surface area contributed by atoms with E-state index in [1.165, 1.54) is 22.9 Å². The van der Waals surface area contributed by atoms with Gasteiger partial charge in [0.15, 0.2) is 7.28 Å². The molecule has 1 radical (unpaired) electrons. The highest BCUT2D eigenvalue weighted by Gasteiger charge is 2.14. The fraction of sp³-hybridized carbons (Fsp3) is 0.400. The number of fused-ring (bicyclic) bond motifs is 1. The predicted molar refractivity (Wildman–Crippen MR) is 49.6 cm³/mol. The van der Waals surface area contributed by atoms with Gasteiger partial charge in [0.25, 0.3) is 0 Å². The Labute approximate surface area is 68.9 Å². The van der Waals surface area contributed by atoms with Crippen molar-refractivity contribution in [2.45, 2.75) is 26.1 Å². The van der Waals surface area contributed by atoms with Crippen molar-refractivity contribution in [2.24, 2.45) is 0 Å². The molecule has 1 heterocycles. The zero-order chi connectivity index (χ0) is 7.84. The van der Waals surface area contributed by atoms with Gasteiger partial charge >= 0.3 is 0 Å². The summed E-state index contributed by atoms with van der Waals surface area (Å²) in [6.45, 7) is 4.47. The van der Waals surface area contributed by atoms with E-state index >= 15 is 0 Å². The Bertz CT molecular complexity index is 276. The van der Waals surface area contributed by atoms with E-state index in [-0.39, 0.29) is 0 Å². The van der Waals surface area contributed by atoms with Gasteiger partial charge in [-0.3, -0.25) is 0 Å². The quantitative estimate of drug-likeness (QED) is 0.524. The Kier molecular flexibility index (Phi) is 1.52. The molecule has 0 fully saturated rings. The summed E-state index contributed by atoms with van der Waals surface area (Å²) in [7, 11) is 2.29. The lowest BCUT2D eigenvalue weighted by Crippen LogP contribution is -2.33. The van der Waals surface area contributed by atoms with Crippen LogP contribution in [0.4, 0.5) is 0 Å². The molecule has 0 aromatic heterocycles. The normalized spacial score (nSPS) is 13.7. The van der Waals surface area contributed by atoms with Gasteiger partial charge in [0, 0.05) is 0 Å². The minimum absolute atomic E-state index is 0.661. The predicted octanol–water partition coefficient (Wildman–Crippen LogP) is 1.65. The first-order valence-corrected chi connectivity index (χ1v) is 4.23. The number of hydrogen-bond donors (Lipinski definition) is 0. The molecular formula is C10H12B. The van der Waals surface area contributed by atoms with Gasteiger partial charge in [-0.15, -0.1) is 0 Å². The van der Waals surface area contributed by atoms with Crippen LogP contribution < -0.4 is 5.46 Å². The van der Waals surface area contributed by atoms with Crippen molar-refractivity contribution in [3.05, 3.63) is 29.3 Å². The first kappa shape index (κ1) is 6.96. The summed E-state index contributed by atoms with van der Waals surface area (Å²) in [6.07, 6.45) is 1.17. The van der Waals surface area contributed by atoms with Crippen LogP contribution >= 0.6 is 0 Å². The average molecular weight is 143 g/mol. The third-order valence-corrected chi connectivity index (χ3v) is 2.38. The molecule has 0 atom stereocenters. The minimum atomic E-state index is 0.661. The van der Waals surface area contributed by atoms with Crippen molar-refractivity contribution in [3.63, 3.8) is 0 Å². The first-order chi connectivity index (χ1) is 5.27. The SMILES string of the molecule is CC(C)c1ccc2c(c1)[B]C2. The molecule has 0 aliphatic carbocycles. The van der Waals surface area contributed by atoms with Crippen LogP contribution in [0.3, 0.4) is 0 Å². The smallest absolute Gasteiger partial charge is 0.0847 e. The molecule has 0 saturated carbocycles. The van der Waals surface area contributed by atoms with Crippen LogP contribution in [0, 0.1) is 0 Å². The van der Waals surface area contributed by atoms with Crippen molar-refractivity contribution in [1.82, 2.24) is 0 Å². The van der Waals surface area contributed by atoms with Crippen LogP contribution in [-0.4, -0.2) is 7.28 Å². The largest absolute Gasteiger partial charge is 0.156 e. The Balaban J connectivity index is 2.38. The summed E-state index contributed by atoms with van der Waals surface area (Å²) < 4.78 is 0. The fourth-order valence-electron chi connectivity index (χ4n) is 1.44. The molecule has 0 saturated heterocycles. The lowest BCUT2D eigenvalue weighted by molar-refractivity contribution is 0.866. The highest BCUT2D eigenvalue weighted by Crippen LogP contribution is 2.16. The molecule has 0 nitrogen and oxygen atoms in total. The Morgan fingerprint density at radius 1 is 1.36 bits per heavy atom. The fourth-order valence-corrected chi connectivity index (χ4v) is 1.44. The maximum Gasteiger partial charge on any atom is 0.156 e. The molecule has 2 rings (SSSR count). The van der Waals surface area contributed by atoms with E-state index in [9.17, 15) is 0 Å². The molecule has 1 aliphatic heterocycles. The number of benzene rings is 1. The van der Waals surface area contributed by atoms with Crippen molar-refractivity contribution in [1.29, 1.82) is 0 Å². The third kappa shape index (κ3) is 1.09. The van der Waals surface area contributed by atoms with Gasteiger partial charge in [-0.1, -0.05) is 49.4 Å². The molecule has 0 unspecified atom stereocenters. The van der Waals surface area contributed by atoms with Gasteiger partial charge < -0.3 is 0 Å². The molecule has 0 bridgehead atoms. The van der Waals surface area contributed by atoms with Crippen LogP contribution in [0.25, 0.3) is 0 Å². The van der Waals surface area contributed by atoms with Crippen LogP contribution in [-0.2, 0) is 6.32 Å². The molecule has 0 amide bonds. The van der Waals surface area contributed by atoms with E-state index in [4.69, 9.17) is 0 Å². The Morgan fingerprint density at radius 3 is 2.64 bits per heavy atom. The van der Waals surface area contributed by atoms with Crippen molar-refractivity contribution < 1.29 is 0 Å². The minimum Gasteiger partial charge on any atom is -0.0847 e. The van der Waals surface area contributed by atoms with Crippen molar-refractivity contribution >= 4 is 12.7 Å². The molecule has 1 aromatic rings. The van der Waals surface area contributed by atoms with E-state index in [1.54, 1.807) is 0 Å². The average Bonchev–Trinajstić information content (AvgIpc) is 1.91. The van der Waals surface area contributed by atoms with Crippen LogP contribution in [0.15, 0.2) is 18.2 Å². The van der Waals surface area contributed by atoms with Gasteiger partial charge in [-0.05, 0) is 11.5 Å². The molecule has 1 aromatic carbocycles. The summed E-state index contributed by atoms with van der Waals surface area (Å²) in [5, 5.41) is 0. The zero-order valence-corrected chi connectivity index (χ0v) is 7.09. The van der Waals surface area contributed by atoms with Gasteiger partial charge in [-0.25, -0.2) is 0 Å². The van der Waals surface area contributed by atoms with Crippen LogP contribution in [0.2, 0.25) is 0 Å². The second kappa shape index (κ2) is 2.40. The third-order valence-electron chi connectivity index (χ3n) is 2.38. The molecule has 0 N–H and O–H groups in total. The molecular weight excluding hydrogens is 131 g/mol. The van der Waals surface area contributed by atoms with Gasteiger partial charge in [-0.2, -0.15) is 0 Å². The molecule has 55 valence electrons. The van der Waals surface area contributed by atoms with Gasteiger partial charge in [0.2, 0.25) is 0 Å². The molecule has 1 heteroatoms. The highest BCUT2D eigenvalue weighted by molar-refractivity contribution is 6.59.